The van der Waals surface area contributed by atoms with Crippen LogP contribution in [-0.4, -0.2) is 40.1 Å². The number of carbonyl (C=O) groups excluding carboxylic acids is 1. The van der Waals surface area contributed by atoms with Crippen molar-refractivity contribution in [1.29, 1.82) is 5.26 Å². The van der Waals surface area contributed by atoms with E-state index in [2.05, 4.69) is 0 Å². The van der Waals surface area contributed by atoms with E-state index in [0.29, 0.717) is 19.3 Å². The largest absolute Gasteiger partial charge is 0.479 e. The zero-order chi connectivity index (χ0) is 16.4. The van der Waals surface area contributed by atoms with Gasteiger partial charge in [0.1, 0.15) is 5.41 Å². The van der Waals surface area contributed by atoms with Crippen molar-refractivity contribution in [3.8, 4) is 6.07 Å². The number of carboxylic acids is 1. The molecule has 22 heavy (non-hydrogen) atoms. The van der Waals surface area contributed by atoms with Crippen LogP contribution in [0.25, 0.3) is 0 Å². The van der Waals surface area contributed by atoms with Gasteiger partial charge in [-0.1, -0.05) is 0 Å². The molecule has 1 heterocycles. The fourth-order valence-electron chi connectivity index (χ4n) is 3.76. The van der Waals surface area contributed by atoms with Crippen molar-refractivity contribution in [2.24, 2.45) is 10.8 Å². The SMILES string of the molecule is N#CC1(C2(C(=O)O)CCCN2C(=O)C2(C(F)(F)F)CC2)CC1. The van der Waals surface area contributed by atoms with E-state index < -0.39 is 34.4 Å². The molecule has 0 aromatic carbocycles. The molecule has 0 aromatic heterocycles. The third-order valence-electron chi connectivity index (χ3n) is 5.44. The van der Waals surface area contributed by atoms with Crippen LogP contribution in [0.2, 0.25) is 0 Å². The molecular formula is C14H15F3N2O3. The van der Waals surface area contributed by atoms with Crippen molar-refractivity contribution >= 4 is 11.9 Å². The first kappa shape index (κ1) is 15.1. The molecule has 1 atom stereocenters. The van der Waals surface area contributed by atoms with Crippen LogP contribution in [0.1, 0.15) is 38.5 Å². The summed E-state index contributed by atoms with van der Waals surface area (Å²) in [6, 6.07) is 1.96. The molecule has 1 N–H and O–H groups in total. The molecule has 3 fully saturated rings. The highest BCUT2D eigenvalue weighted by Gasteiger charge is 2.75. The van der Waals surface area contributed by atoms with E-state index in [1.54, 1.807) is 0 Å². The Bertz CT molecular complexity index is 587. The minimum absolute atomic E-state index is 0.0353. The van der Waals surface area contributed by atoms with Crippen LogP contribution in [0.3, 0.4) is 0 Å². The van der Waals surface area contributed by atoms with Gasteiger partial charge in [0.2, 0.25) is 5.91 Å². The van der Waals surface area contributed by atoms with E-state index in [0.717, 1.165) is 4.90 Å². The van der Waals surface area contributed by atoms with E-state index in [9.17, 15) is 33.1 Å². The highest BCUT2D eigenvalue weighted by atomic mass is 19.4. The minimum atomic E-state index is -4.68. The second kappa shape index (κ2) is 4.15. The smallest absolute Gasteiger partial charge is 0.403 e. The Labute approximate surface area is 124 Å². The zero-order valence-electron chi connectivity index (χ0n) is 11.7. The van der Waals surface area contributed by atoms with Crippen LogP contribution in [0.4, 0.5) is 13.2 Å². The molecule has 3 aliphatic rings. The molecule has 1 unspecified atom stereocenters. The standard InChI is InChI=1S/C14H15F3N2O3/c15-14(16,17)12(5-6-12)9(20)19-7-1-2-13(19,10(21)22)11(8-18)3-4-11/h1-7H2,(H,21,22). The summed E-state index contributed by atoms with van der Waals surface area (Å²) in [5.74, 6) is -2.53. The predicted octanol–water partition coefficient (Wildman–Crippen LogP) is 2.08. The number of amides is 1. The number of aliphatic carboxylic acids is 1. The van der Waals surface area contributed by atoms with Gasteiger partial charge < -0.3 is 10.0 Å². The molecule has 0 spiro atoms. The van der Waals surface area contributed by atoms with Crippen molar-refractivity contribution in [3.63, 3.8) is 0 Å². The first-order chi connectivity index (χ1) is 10.2. The number of rotatable bonds is 3. The molecule has 1 aliphatic heterocycles. The summed E-state index contributed by atoms with van der Waals surface area (Å²) in [4.78, 5) is 25.2. The topological polar surface area (TPSA) is 81.4 Å². The van der Waals surface area contributed by atoms with Gasteiger partial charge in [0, 0.05) is 6.54 Å². The summed E-state index contributed by atoms with van der Waals surface area (Å²) < 4.78 is 39.6. The van der Waals surface area contributed by atoms with Gasteiger partial charge in [-0.15, -0.1) is 0 Å². The van der Waals surface area contributed by atoms with Crippen LogP contribution in [0.15, 0.2) is 0 Å². The van der Waals surface area contributed by atoms with Crippen LogP contribution in [0, 0.1) is 22.2 Å². The fraction of sp³-hybridized carbons (Fsp3) is 0.786. The molecule has 0 aromatic rings. The van der Waals surface area contributed by atoms with Crippen LogP contribution < -0.4 is 0 Å². The maximum atomic E-state index is 13.2. The summed E-state index contributed by atoms with van der Waals surface area (Å²) in [6.07, 6.45) is -4.34. The van der Waals surface area contributed by atoms with E-state index in [1.807, 2.05) is 6.07 Å². The van der Waals surface area contributed by atoms with Gasteiger partial charge in [-0.25, -0.2) is 4.79 Å². The van der Waals surface area contributed by atoms with Gasteiger partial charge in [0.05, 0.1) is 11.5 Å². The maximum absolute atomic E-state index is 13.2. The highest BCUT2D eigenvalue weighted by molar-refractivity contribution is 5.94. The minimum Gasteiger partial charge on any atom is -0.479 e. The summed E-state index contributed by atoms with van der Waals surface area (Å²) in [7, 11) is 0. The van der Waals surface area contributed by atoms with Gasteiger partial charge in [0.15, 0.2) is 5.54 Å². The molecule has 120 valence electrons. The molecule has 3 rings (SSSR count). The Hall–Kier alpha value is -1.78. The number of nitrogens with zero attached hydrogens (tertiary/aromatic N) is 2. The Morgan fingerprint density at radius 3 is 2.09 bits per heavy atom. The third kappa shape index (κ3) is 1.59. The van der Waals surface area contributed by atoms with Crippen molar-refractivity contribution < 1.29 is 27.9 Å². The monoisotopic (exact) mass is 316 g/mol. The lowest BCUT2D eigenvalue weighted by atomic mass is 9.78. The lowest BCUT2D eigenvalue weighted by molar-refractivity contribution is -0.203. The second-order valence-corrected chi connectivity index (χ2v) is 6.50. The van der Waals surface area contributed by atoms with Gasteiger partial charge in [-0.2, -0.15) is 18.4 Å². The summed E-state index contributed by atoms with van der Waals surface area (Å²) in [5, 5.41) is 19.0. The maximum Gasteiger partial charge on any atom is 0.403 e. The molecule has 0 bridgehead atoms. The fourth-order valence-corrected chi connectivity index (χ4v) is 3.76. The number of carboxylic acid groups (broad SMARTS) is 1. The van der Waals surface area contributed by atoms with Crippen molar-refractivity contribution in [1.82, 2.24) is 4.90 Å². The second-order valence-electron chi connectivity index (χ2n) is 6.50. The van der Waals surface area contributed by atoms with E-state index in [-0.39, 0.29) is 25.8 Å². The van der Waals surface area contributed by atoms with Gasteiger partial charge in [-0.05, 0) is 38.5 Å². The average Bonchev–Trinajstić information content (AvgIpc) is 3.34. The first-order valence-corrected chi connectivity index (χ1v) is 7.20. The Morgan fingerprint density at radius 2 is 1.73 bits per heavy atom. The number of likely N-dealkylation sites (tertiary alicyclic amines) is 1. The van der Waals surface area contributed by atoms with Crippen molar-refractivity contribution in [2.75, 3.05) is 6.54 Å². The highest BCUT2D eigenvalue weighted by Crippen LogP contribution is 2.64. The Kier molecular flexibility index (Phi) is 2.85. The number of hydrogen-bond donors (Lipinski definition) is 1. The van der Waals surface area contributed by atoms with Gasteiger partial charge in [0.25, 0.3) is 0 Å². The van der Waals surface area contributed by atoms with Crippen LogP contribution in [-0.2, 0) is 9.59 Å². The molecule has 2 saturated carbocycles. The summed E-state index contributed by atoms with van der Waals surface area (Å²) in [6.45, 7) is -0.0353. The lowest BCUT2D eigenvalue weighted by Crippen LogP contribution is -2.61. The van der Waals surface area contributed by atoms with E-state index >= 15 is 0 Å². The summed E-state index contributed by atoms with van der Waals surface area (Å²) >= 11 is 0. The number of hydrogen-bond acceptors (Lipinski definition) is 3. The molecule has 2 aliphatic carbocycles. The normalized spacial score (nSPS) is 31.5. The van der Waals surface area contributed by atoms with Crippen LogP contribution in [0.5, 0.6) is 0 Å². The molecule has 1 amide bonds. The van der Waals surface area contributed by atoms with Crippen molar-refractivity contribution in [3.05, 3.63) is 0 Å². The molecule has 5 nitrogen and oxygen atoms in total. The summed E-state index contributed by atoms with van der Waals surface area (Å²) in [5.41, 5.74) is -5.49. The first-order valence-electron chi connectivity index (χ1n) is 7.20. The van der Waals surface area contributed by atoms with E-state index in [4.69, 9.17) is 0 Å². The predicted molar refractivity (Wildman–Crippen MR) is 66.3 cm³/mol. The number of nitriles is 1. The number of carbonyl (C=O) groups is 2. The van der Waals surface area contributed by atoms with Gasteiger partial charge in [-0.3, -0.25) is 4.79 Å². The molecule has 0 radical (unpaired) electrons. The van der Waals surface area contributed by atoms with E-state index in [1.165, 1.54) is 0 Å². The van der Waals surface area contributed by atoms with Gasteiger partial charge >= 0.3 is 12.1 Å². The lowest BCUT2D eigenvalue weighted by Gasteiger charge is -2.40. The van der Waals surface area contributed by atoms with Crippen molar-refractivity contribution in [2.45, 2.75) is 50.2 Å². The molecule has 8 heteroatoms. The number of alkyl halides is 3. The number of halogens is 3. The average molecular weight is 316 g/mol. The molecular weight excluding hydrogens is 301 g/mol. The molecule has 1 saturated heterocycles. The van der Waals surface area contributed by atoms with Crippen LogP contribution >= 0.6 is 0 Å². The Morgan fingerprint density at radius 1 is 1.14 bits per heavy atom. The quantitative estimate of drug-likeness (QED) is 0.864. The Balaban J connectivity index is 2.02. The zero-order valence-corrected chi connectivity index (χ0v) is 11.7. The third-order valence-corrected chi connectivity index (χ3v) is 5.44.